The van der Waals surface area contributed by atoms with E-state index in [0.717, 1.165) is 17.4 Å². The van der Waals surface area contributed by atoms with Crippen LogP contribution in [0.4, 0.5) is 5.82 Å². The lowest BCUT2D eigenvalue weighted by Gasteiger charge is -2.33. The molecule has 23 heavy (non-hydrogen) atoms. The Kier molecular flexibility index (Phi) is 2.84. The Morgan fingerprint density at radius 3 is 2.65 bits per heavy atom. The number of hydrogen-bond donors (Lipinski definition) is 3. The Hall–Kier alpha value is -2.65. The van der Waals surface area contributed by atoms with Crippen molar-refractivity contribution in [3.05, 3.63) is 48.8 Å². The van der Waals surface area contributed by atoms with Crippen LogP contribution in [0.1, 0.15) is 0 Å². The maximum absolute atomic E-state index is 12.1. The van der Waals surface area contributed by atoms with Gasteiger partial charge in [0.05, 0.1) is 6.20 Å². The molecule has 0 aliphatic carbocycles. The van der Waals surface area contributed by atoms with Crippen LogP contribution < -0.4 is 16.3 Å². The van der Waals surface area contributed by atoms with Gasteiger partial charge in [0, 0.05) is 18.0 Å². The average molecular weight is 330 g/mol. The molecule has 0 saturated heterocycles. The summed E-state index contributed by atoms with van der Waals surface area (Å²) in [7, 11) is -3.54. The van der Waals surface area contributed by atoms with Gasteiger partial charge in [-0.1, -0.05) is 30.3 Å². The predicted molar refractivity (Wildman–Crippen MR) is 86.9 cm³/mol. The molecule has 1 unspecified atom stereocenters. The van der Waals surface area contributed by atoms with Gasteiger partial charge in [-0.05, 0) is 11.6 Å². The Labute approximate surface area is 132 Å². The zero-order valence-corrected chi connectivity index (χ0v) is 13.0. The molecule has 0 saturated carbocycles. The largest absolute Gasteiger partial charge is 0.326 e. The number of nitrogens with one attached hydrogen (secondary N) is 3. The Morgan fingerprint density at radius 2 is 2.00 bits per heavy atom. The van der Waals surface area contributed by atoms with Crippen LogP contribution in [0, 0.1) is 0 Å². The van der Waals surface area contributed by atoms with E-state index in [9.17, 15) is 8.42 Å². The maximum atomic E-state index is 12.1. The number of anilines is 1. The number of nitrogens with zero attached hydrogens (tertiary/aromatic N) is 3. The molecular weight excluding hydrogens is 316 g/mol. The lowest BCUT2D eigenvalue weighted by Crippen LogP contribution is -2.57. The minimum atomic E-state index is -3.54. The fourth-order valence-electron chi connectivity index (χ4n) is 2.80. The molecule has 1 atom stereocenters. The number of aromatic nitrogens is 2. The average Bonchev–Trinajstić information content (AvgIpc) is 3.15. The zero-order valence-electron chi connectivity index (χ0n) is 12.2. The number of hydrogen-bond acceptors (Lipinski definition) is 7. The fraction of sp³-hybridized carbons (Fsp3) is 0.143. The summed E-state index contributed by atoms with van der Waals surface area (Å²) in [5, 5.41) is 8.43. The minimum absolute atomic E-state index is 0.0542. The molecule has 0 radical (unpaired) electrons. The van der Waals surface area contributed by atoms with Crippen LogP contribution in [0.5, 0.6) is 0 Å². The molecule has 0 amide bonds. The number of hydrazine groups is 1. The summed E-state index contributed by atoms with van der Waals surface area (Å²) in [6.07, 6.45) is 6.11. The molecule has 3 heterocycles. The summed E-state index contributed by atoms with van der Waals surface area (Å²) >= 11 is 0. The topological polar surface area (TPSA) is 100 Å². The van der Waals surface area contributed by atoms with E-state index in [2.05, 4.69) is 26.5 Å². The maximum Gasteiger partial charge on any atom is 0.207 e. The quantitative estimate of drug-likeness (QED) is 0.708. The van der Waals surface area contributed by atoms with Gasteiger partial charge >= 0.3 is 0 Å². The number of rotatable bonds is 1. The SMILES string of the molecule is CS(=O)(=O)C1=NNc2c(-c3ccccc3)cnn2C12C=CNN2. The highest BCUT2D eigenvalue weighted by Crippen LogP contribution is 2.36. The summed E-state index contributed by atoms with van der Waals surface area (Å²) < 4.78 is 25.8. The molecule has 0 fully saturated rings. The highest BCUT2D eigenvalue weighted by atomic mass is 32.2. The predicted octanol–water partition coefficient (Wildman–Crippen LogP) is 0.608. The second-order valence-electron chi connectivity index (χ2n) is 5.35. The monoisotopic (exact) mass is 330 g/mol. The summed E-state index contributed by atoms with van der Waals surface area (Å²) in [5.41, 5.74) is 9.19. The molecular formula is C14H14N6O2S. The Morgan fingerprint density at radius 1 is 1.22 bits per heavy atom. The highest BCUT2D eigenvalue weighted by molar-refractivity contribution is 8.06. The van der Waals surface area contributed by atoms with Crippen molar-refractivity contribution in [2.75, 3.05) is 11.7 Å². The van der Waals surface area contributed by atoms with Crippen molar-refractivity contribution in [1.29, 1.82) is 0 Å². The molecule has 4 rings (SSSR count). The third-order valence-corrected chi connectivity index (χ3v) is 4.90. The van der Waals surface area contributed by atoms with Gasteiger partial charge in [0.1, 0.15) is 0 Å². The van der Waals surface area contributed by atoms with Crippen molar-refractivity contribution in [2.24, 2.45) is 5.10 Å². The lowest BCUT2D eigenvalue weighted by molar-refractivity contribution is 0.363. The molecule has 8 nitrogen and oxygen atoms in total. The number of fused-ring (bicyclic) bond motifs is 2. The zero-order chi connectivity index (χ0) is 16.1. The van der Waals surface area contributed by atoms with Gasteiger partial charge < -0.3 is 5.43 Å². The first-order valence-electron chi connectivity index (χ1n) is 6.91. The van der Waals surface area contributed by atoms with Gasteiger partial charge in [0.25, 0.3) is 0 Å². The van der Waals surface area contributed by atoms with Crippen LogP contribution in [0.25, 0.3) is 11.1 Å². The fourth-order valence-corrected chi connectivity index (χ4v) is 3.78. The van der Waals surface area contributed by atoms with Crippen LogP contribution in [0.15, 0.2) is 53.9 Å². The summed E-state index contributed by atoms with van der Waals surface area (Å²) in [4.78, 5) is 0. The van der Waals surface area contributed by atoms with Crippen molar-refractivity contribution in [2.45, 2.75) is 5.66 Å². The third kappa shape index (κ3) is 1.97. The summed E-state index contributed by atoms with van der Waals surface area (Å²) in [6.45, 7) is 0. The van der Waals surface area contributed by atoms with E-state index >= 15 is 0 Å². The van der Waals surface area contributed by atoms with E-state index in [0.29, 0.717) is 5.82 Å². The van der Waals surface area contributed by atoms with Gasteiger partial charge in [-0.3, -0.25) is 5.43 Å². The van der Waals surface area contributed by atoms with Crippen LogP contribution >= 0.6 is 0 Å². The van der Waals surface area contributed by atoms with Gasteiger partial charge in [-0.25, -0.2) is 18.5 Å². The minimum Gasteiger partial charge on any atom is -0.326 e. The van der Waals surface area contributed by atoms with E-state index in [4.69, 9.17) is 0 Å². The van der Waals surface area contributed by atoms with Gasteiger partial charge in [0.15, 0.2) is 20.7 Å². The van der Waals surface area contributed by atoms with Gasteiger partial charge in [-0.15, -0.1) is 0 Å². The van der Waals surface area contributed by atoms with Gasteiger partial charge in [0.2, 0.25) is 5.66 Å². The van der Waals surface area contributed by atoms with E-state index in [-0.39, 0.29) is 5.04 Å². The highest BCUT2D eigenvalue weighted by Gasteiger charge is 2.48. The standard InChI is InChI=1S/C14H14N6O2S/c1-23(21,22)13-14(7-8-15-19-14)20-12(17-18-13)11(9-16-20)10-5-3-2-4-6-10/h2-9,15,17,19H,1H3. The van der Waals surface area contributed by atoms with Crippen molar-refractivity contribution in [3.63, 3.8) is 0 Å². The van der Waals surface area contributed by atoms with Crippen LogP contribution in [-0.2, 0) is 15.5 Å². The summed E-state index contributed by atoms with van der Waals surface area (Å²) in [5.74, 6) is 0.615. The Balaban J connectivity index is 1.93. The molecule has 2 aliphatic heterocycles. The van der Waals surface area contributed by atoms with Gasteiger partial charge in [-0.2, -0.15) is 10.2 Å². The molecule has 2 aromatic rings. The molecule has 118 valence electrons. The molecule has 1 aromatic heterocycles. The van der Waals surface area contributed by atoms with Crippen LogP contribution in [-0.4, -0.2) is 29.5 Å². The number of sulfone groups is 1. The van der Waals surface area contributed by atoms with Crippen molar-refractivity contribution < 1.29 is 8.42 Å². The number of benzene rings is 1. The van der Waals surface area contributed by atoms with E-state index in [1.165, 1.54) is 0 Å². The first kappa shape index (κ1) is 14.0. The van der Waals surface area contributed by atoms with E-state index in [1.807, 2.05) is 30.3 Å². The van der Waals surface area contributed by atoms with E-state index in [1.54, 1.807) is 23.2 Å². The smallest absolute Gasteiger partial charge is 0.207 e. The Bertz CT molecular complexity index is 931. The van der Waals surface area contributed by atoms with Crippen molar-refractivity contribution >= 4 is 20.7 Å². The molecule has 0 bridgehead atoms. The summed E-state index contributed by atoms with van der Waals surface area (Å²) in [6, 6.07) is 9.70. The molecule has 1 aromatic carbocycles. The normalized spacial score (nSPS) is 22.4. The molecule has 2 aliphatic rings. The lowest BCUT2D eigenvalue weighted by atomic mass is 10.1. The van der Waals surface area contributed by atoms with E-state index < -0.39 is 15.5 Å². The van der Waals surface area contributed by atoms with Crippen molar-refractivity contribution in [1.82, 2.24) is 20.6 Å². The molecule has 1 spiro atoms. The molecule has 9 heteroatoms. The second kappa shape index (κ2) is 4.67. The van der Waals surface area contributed by atoms with Crippen LogP contribution in [0.2, 0.25) is 0 Å². The molecule has 3 N–H and O–H groups in total. The van der Waals surface area contributed by atoms with Crippen molar-refractivity contribution in [3.8, 4) is 11.1 Å². The third-order valence-electron chi connectivity index (χ3n) is 3.80. The van der Waals surface area contributed by atoms with Crippen LogP contribution in [0.3, 0.4) is 0 Å². The first-order valence-corrected chi connectivity index (χ1v) is 8.80. The first-order chi connectivity index (χ1) is 11.0. The second-order valence-corrected chi connectivity index (χ2v) is 7.29. The number of hydrazone groups is 1.